The molecule has 0 atom stereocenters. The van der Waals surface area contributed by atoms with Crippen LogP contribution in [0.5, 0.6) is 5.75 Å². The number of nitrogens with zero attached hydrogens (tertiary/aromatic N) is 2. The maximum Gasteiger partial charge on any atom is 0.339 e. The van der Waals surface area contributed by atoms with Crippen LogP contribution in [0.2, 0.25) is 0 Å². The lowest BCUT2D eigenvalue weighted by molar-refractivity contribution is -0.140. The molecular formula is C18H23N3O5. The standard InChI is InChI=1S/C18H23N3O5/c1-3-4-5-6-11-19-15(22)12-20-16(23)17(24)21(18(20)25)13-7-9-14(26-2)10-8-13/h7-10H,3-6,11-12H2,1-2H3,(H,19,22). The van der Waals surface area contributed by atoms with Crippen LogP contribution in [0.4, 0.5) is 10.5 Å². The largest absolute Gasteiger partial charge is 0.497 e. The van der Waals surface area contributed by atoms with Crippen LogP contribution in [0.3, 0.4) is 0 Å². The van der Waals surface area contributed by atoms with Crippen LogP contribution in [0.25, 0.3) is 0 Å². The summed E-state index contributed by atoms with van der Waals surface area (Å²) in [5, 5.41) is 2.66. The molecule has 0 unspecified atom stereocenters. The van der Waals surface area contributed by atoms with Gasteiger partial charge in [-0.15, -0.1) is 0 Å². The molecule has 8 heteroatoms. The summed E-state index contributed by atoms with van der Waals surface area (Å²) in [6.45, 7) is 2.10. The average molecular weight is 361 g/mol. The molecule has 0 aromatic heterocycles. The summed E-state index contributed by atoms with van der Waals surface area (Å²) in [6, 6.07) is 5.32. The van der Waals surface area contributed by atoms with Gasteiger partial charge in [0.1, 0.15) is 12.3 Å². The maximum absolute atomic E-state index is 12.4. The maximum atomic E-state index is 12.4. The first-order chi connectivity index (χ1) is 12.5. The van der Waals surface area contributed by atoms with E-state index in [1.165, 1.54) is 19.2 Å². The second kappa shape index (κ2) is 8.98. The highest BCUT2D eigenvalue weighted by atomic mass is 16.5. The molecule has 0 bridgehead atoms. The molecule has 26 heavy (non-hydrogen) atoms. The molecule has 2 rings (SSSR count). The van der Waals surface area contributed by atoms with E-state index in [9.17, 15) is 19.2 Å². The van der Waals surface area contributed by atoms with E-state index in [4.69, 9.17) is 4.74 Å². The van der Waals surface area contributed by atoms with Gasteiger partial charge in [0.05, 0.1) is 12.8 Å². The van der Waals surface area contributed by atoms with Crippen molar-refractivity contribution in [2.75, 3.05) is 25.1 Å². The molecule has 0 aliphatic carbocycles. The fourth-order valence-corrected chi connectivity index (χ4v) is 2.58. The van der Waals surface area contributed by atoms with E-state index in [0.717, 1.165) is 30.6 Å². The smallest absolute Gasteiger partial charge is 0.339 e. The monoisotopic (exact) mass is 361 g/mol. The molecule has 1 aliphatic rings. The van der Waals surface area contributed by atoms with Gasteiger partial charge in [-0.25, -0.2) is 14.6 Å². The third-order valence-electron chi connectivity index (χ3n) is 4.04. The van der Waals surface area contributed by atoms with E-state index in [0.29, 0.717) is 17.2 Å². The van der Waals surface area contributed by atoms with E-state index in [1.54, 1.807) is 12.1 Å². The number of rotatable bonds is 9. The van der Waals surface area contributed by atoms with E-state index in [2.05, 4.69) is 12.2 Å². The van der Waals surface area contributed by atoms with Gasteiger partial charge in [-0.05, 0) is 30.7 Å². The minimum absolute atomic E-state index is 0.247. The van der Waals surface area contributed by atoms with Gasteiger partial charge >= 0.3 is 17.8 Å². The molecule has 8 nitrogen and oxygen atoms in total. The lowest BCUT2D eigenvalue weighted by atomic mass is 10.2. The molecule has 1 aromatic rings. The van der Waals surface area contributed by atoms with Crippen molar-refractivity contribution in [3.05, 3.63) is 24.3 Å². The van der Waals surface area contributed by atoms with Gasteiger partial charge in [-0.3, -0.25) is 14.4 Å². The topological polar surface area (TPSA) is 96.0 Å². The fraction of sp³-hybridized carbons (Fsp3) is 0.444. The first-order valence-electron chi connectivity index (χ1n) is 8.60. The number of imide groups is 2. The SMILES string of the molecule is CCCCCCNC(=O)CN1C(=O)C(=O)N(c2ccc(OC)cc2)C1=O. The number of benzene rings is 1. The number of urea groups is 1. The molecular weight excluding hydrogens is 338 g/mol. The van der Waals surface area contributed by atoms with E-state index >= 15 is 0 Å². The molecule has 1 aromatic carbocycles. The van der Waals surface area contributed by atoms with Gasteiger partial charge in [0, 0.05) is 6.54 Å². The van der Waals surface area contributed by atoms with Crippen molar-refractivity contribution in [3.8, 4) is 5.75 Å². The Kier molecular flexibility index (Phi) is 6.71. The minimum Gasteiger partial charge on any atom is -0.497 e. The molecule has 1 N–H and O–H groups in total. The summed E-state index contributed by atoms with van der Waals surface area (Å²) < 4.78 is 5.02. The fourth-order valence-electron chi connectivity index (χ4n) is 2.58. The van der Waals surface area contributed by atoms with Gasteiger partial charge in [0.25, 0.3) is 0 Å². The van der Waals surface area contributed by atoms with Crippen molar-refractivity contribution in [1.82, 2.24) is 10.2 Å². The van der Waals surface area contributed by atoms with Crippen LogP contribution in [-0.2, 0) is 14.4 Å². The zero-order valence-corrected chi connectivity index (χ0v) is 15.0. The Balaban J connectivity index is 1.97. The quantitative estimate of drug-likeness (QED) is 0.410. The zero-order chi connectivity index (χ0) is 19.1. The summed E-state index contributed by atoms with van der Waals surface area (Å²) in [5.74, 6) is -1.89. The number of hydrogen-bond donors (Lipinski definition) is 1. The number of amides is 5. The van der Waals surface area contributed by atoms with Crippen LogP contribution in [-0.4, -0.2) is 48.9 Å². The minimum atomic E-state index is -1.01. The first kappa shape index (κ1) is 19.4. The van der Waals surface area contributed by atoms with Crippen molar-refractivity contribution in [2.24, 2.45) is 0 Å². The molecule has 5 amide bonds. The van der Waals surface area contributed by atoms with Crippen molar-refractivity contribution in [2.45, 2.75) is 32.6 Å². The molecule has 0 saturated carbocycles. The number of unbranched alkanes of at least 4 members (excludes halogenated alkanes) is 3. The first-order valence-corrected chi connectivity index (χ1v) is 8.60. The Morgan fingerprint density at radius 3 is 2.35 bits per heavy atom. The predicted octanol–water partition coefficient (Wildman–Crippen LogP) is 1.69. The number of anilines is 1. The lowest BCUT2D eigenvalue weighted by Gasteiger charge is -2.15. The summed E-state index contributed by atoms with van der Waals surface area (Å²) in [5.41, 5.74) is 0.247. The number of methoxy groups -OCH3 is 1. The molecule has 1 heterocycles. The van der Waals surface area contributed by atoms with Crippen LogP contribution in [0.15, 0.2) is 24.3 Å². The molecule has 0 radical (unpaired) electrons. The van der Waals surface area contributed by atoms with E-state index < -0.39 is 30.3 Å². The van der Waals surface area contributed by atoms with Crippen LogP contribution in [0.1, 0.15) is 32.6 Å². The predicted molar refractivity (Wildman–Crippen MR) is 94.7 cm³/mol. The van der Waals surface area contributed by atoms with Gasteiger partial charge in [0.2, 0.25) is 5.91 Å². The summed E-state index contributed by atoms with van der Waals surface area (Å²) in [6.07, 6.45) is 4.01. The summed E-state index contributed by atoms with van der Waals surface area (Å²) >= 11 is 0. The Bertz CT molecular complexity index is 687. The number of carbonyl (C=O) groups excluding carboxylic acids is 4. The Hall–Kier alpha value is -2.90. The third kappa shape index (κ3) is 4.38. The van der Waals surface area contributed by atoms with Gasteiger partial charge in [0.15, 0.2) is 0 Å². The van der Waals surface area contributed by atoms with Crippen molar-refractivity contribution in [1.29, 1.82) is 0 Å². The van der Waals surface area contributed by atoms with Crippen LogP contribution < -0.4 is 15.0 Å². The molecule has 1 fully saturated rings. The van der Waals surface area contributed by atoms with E-state index in [-0.39, 0.29) is 5.69 Å². The highest BCUT2D eigenvalue weighted by Gasteiger charge is 2.46. The van der Waals surface area contributed by atoms with Crippen molar-refractivity contribution >= 4 is 29.4 Å². The average Bonchev–Trinajstić information content (AvgIpc) is 2.85. The highest BCUT2D eigenvalue weighted by molar-refractivity contribution is 6.53. The Morgan fingerprint density at radius 1 is 1.04 bits per heavy atom. The van der Waals surface area contributed by atoms with E-state index in [1.807, 2.05) is 0 Å². The lowest BCUT2D eigenvalue weighted by Crippen LogP contribution is -2.41. The van der Waals surface area contributed by atoms with Crippen LogP contribution >= 0.6 is 0 Å². The van der Waals surface area contributed by atoms with Crippen molar-refractivity contribution in [3.63, 3.8) is 0 Å². The number of hydrogen-bond acceptors (Lipinski definition) is 5. The number of carbonyl (C=O) groups is 4. The summed E-state index contributed by atoms with van der Waals surface area (Å²) in [4.78, 5) is 50.0. The number of nitrogens with one attached hydrogen (secondary N) is 1. The van der Waals surface area contributed by atoms with Crippen molar-refractivity contribution < 1.29 is 23.9 Å². The Labute approximate surface area is 152 Å². The second-order valence-corrected chi connectivity index (χ2v) is 5.92. The zero-order valence-electron chi connectivity index (χ0n) is 15.0. The van der Waals surface area contributed by atoms with Gasteiger partial charge < -0.3 is 10.1 Å². The summed E-state index contributed by atoms with van der Waals surface area (Å²) in [7, 11) is 1.49. The second-order valence-electron chi connectivity index (χ2n) is 5.92. The third-order valence-corrected chi connectivity index (χ3v) is 4.04. The highest BCUT2D eigenvalue weighted by Crippen LogP contribution is 2.24. The van der Waals surface area contributed by atoms with Crippen LogP contribution in [0, 0.1) is 0 Å². The molecule has 1 aliphatic heterocycles. The van der Waals surface area contributed by atoms with Gasteiger partial charge in [-0.1, -0.05) is 26.2 Å². The molecule has 1 saturated heterocycles. The van der Waals surface area contributed by atoms with Gasteiger partial charge in [-0.2, -0.15) is 0 Å². The molecule has 0 spiro atoms. The molecule has 140 valence electrons. The normalized spacial score (nSPS) is 14.2. The number of ether oxygens (including phenoxy) is 1. The Morgan fingerprint density at radius 2 is 1.73 bits per heavy atom.